The van der Waals surface area contributed by atoms with Crippen molar-refractivity contribution in [1.82, 2.24) is 5.32 Å². The van der Waals surface area contributed by atoms with Crippen LogP contribution >= 0.6 is 0 Å². The number of aryl methyl sites for hydroxylation is 1. The molecule has 19 heavy (non-hydrogen) atoms. The minimum atomic E-state index is 0.699. The highest BCUT2D eigenvalue weighted by Gasteiger charge is 2.19. The Morgan fingerprint density at radius 2 is 2.00 bits per heavy atom. The van der Waals surface area contributed by atoms with Gasteiger partial charge in [-0.3, -0.25) is 0 Å². The second-order valence-corrected chi connectivity index (χ2v) is 6.18. The van der Waals surface area contributed by atoms with Gasteiger partial charge in [0.1, 0.15) is 0 Å². The minimum absolute atomic E-state index is 0.699. The maximum atomic E-state index is 3.64. The van der Waals surface area contributed by atoms with Crippen LogP contribution in [0, 0.1) is 6.92 Å². The van der Waals surface area contributed by atoms with Crippen molar-refractivity contribution in [2.75, 3.05) is 24.5 Å². The molecule has 0 aliphatic carbocycles. The molecule has 1 unspecified atom stereocenters. The Hall–Kier alpha value is -1.02. The maximum Gasteiger partial charge on any atom is 0.0399 e. The molecule has 1 aromatic carbocycles. The number of rotatable bonds is 3. The molecule has 2 saturated heterocycles. The molecule has 104 valence electrons. The number of benzene rings is 1. The summed E-state index contributed by atoms with van der Waals surface area (Å²) in [6.07, 6.45) is 8.00. The van der Waals surface area contributed by atoms with Gasteiger partial charge in [-0.15, -0.1) is 0 Å². The first kappa shape index (κ1) is 13.0. The van der Waals surface area contributed by atoms with Gasteiger partial charge in [0.05, 0.1) is 0 Å². The maximum absolute atomic E-state index is 3.64. The van der Waals surface area contributed by atoms with Gasteiger partial charge in [-0.2, -0.15) is 0 Å². The number of piperidine rings is 1. The molecule has 3 rings (SSSR count). The first-order valence-corrected chi connectivity index (χ1v) is 7.91. The molecule has 0 spiro atoms. The van der Waals surface area contributed by atoms with E-state index in [0.29, 0.717) is 6.04 Å². The Labute approximate surface area is 117 Å². The van der Waals surface area contributed by atoms with E-state index in [-0.39, 0.29) is 0 Å². The Kier molecular flexibility index (Phi) is 4.07. The SMILES string of the molecule is Cc1ccc(N2CCCCC2)c(CC2CCCN2)c1. The van der Waals surface area contributed by atoms with Crippen molar-refractivity contribution in [1.29, 1.82) is 0 Å². The highest BCUT2D eigenvalue weighted by Crippen LogP contribution is 2.27. The molecule has 0 saturated carbocycles. The number of hydrogen-bond donors (Lipinski definition) is 1. The minimum Gasteiger partial charge on any atom is -0.371 e. The third-order valence-corrected chi connectivity index (χ3v) is 4.56. The van der Waals surface area contributed by atoms with E-state index in [2.05, 4.69) is 35.3 Å². The van der Waals surface area contributed by atoms with Gasteiger partial charge in [-0.1, -0.05) is 17.7 Å². The molecule has 0 aromatic heterocycles. The van der Waals surface area contributed by atoms with Crippen LogP contribution in [0.25, 0.3) is 0 Å². The third-order valence-electron chi connectivity index (χ3n) is 4.56. The zero-order chi connectivity index (χ0) is 13.1. The first-order valence-electron chi connectivity index (χ1n) is 7.91. The van der Waals surface area contributed by atoms with Crippen LogP contribution in [0.2, 0.25) is 0 Å². The van der Waals surface area contributed by atoms with Crippen molar-refractivity contribution in [2.45, 2.75) is 51.5 Å². The van der Waals surface area contributed by atoms with Gasteiger partial charge in [-0.25, -0.2) is 0 Å². The second-order valence-electron chi connectivity index (χ2n) is 6.18. The van der Waals surface area contributed by atoms with Crippen molar-refractivity contribution in [3.8, 4) is 0 Å². The molecule has 0 radical (unpaired) electrons. The van der Waals surface area contributed by atoms with E-state index < -0.39 is 0 Å². The molecule has 1 N–H and O–H groups in total. The van der Waals surface area contributed by atoms with Crippen molar-refractivity contribution < 1.29 is 0 Å². The molecule has 2 aliphatic rings. The lowest BCUT2D eigenvalue weighted by Gasteiger charge is -2.31. The highest BCUT2D eigenvalue weighted by atomic mass is 15.1. The summed E-state index contributed by atoms with van der Waals surface area (Å²) in [5.41, 5.74) is 4.45. The Morgan fingerprint density at radius 3 is 2.74 bits per heavy atom. The quantitative estimate of drug-likeness (QED) is 0.895. The fourth-order valence-electron chi connectivity index (χ4n) is 3.52. The molecule has 2 fully saturated rings. The topological polar surface area (TPSA) is 15.3 Å². The molecular weight excluding hydrogens is 232 g/mol. The predicted octanol–water partition coefficient (Wildman–Crippen LogP) is 3.28. The molecule has 2 heteroatoms. The summed E-state index contributed by atoms with van der Waals surface area (Å²) >= 11 is 0. The lowest BCUT2D eigenvalue weighted by atomic mass is 9.99. The Morgan fingerprint density at radius 1 is 1.16 bits per heavy atom. The Bertz CT molecular complexity index is 415. The molecule has 1 atom stereocenters. The van der Waals surface area contributed by atoms with Gasteiger partial charge >= 0.3 is 0 Å². The summed E-state index contributed by atoms with van der Waals surface area (Å²) in [6, 6.07) is 7.73. The zero-order valence-corrected chi connectivity index (χ0v) is 12.1. The van der Waals surface area contributed by atoms with Gasteiger partial charge in [0.15, 0.2) is 0 Å². The van der Waals surface area contributed by atoms with Crippen LogP contribution in [0.15, 0.2) is 18.2 Å². The summed E-state index contributed by atoms with van der Waals surface area (Å²) in [5.74, 6) is 0. The van der Waals surface area contributed by atoms with Crippen LogP contribution in [0.5, 0.6) is 0 Å². The van der Waals surface area contributed by atoms with E-state index in [0.717, 1.165) is 0 Å². The van der Waals surface area contributed by atoms with E-state index in [1.807, 2.05) is 0 Å². The van der Waals surface area contributed by atoms with Gasteiger partial charge in [0.25, 0.3) is 0 Å². The molecule has 2 nitrogen and oxygen atoms in total. The standard InChI is InChI=1S/C17H26N2/c1-14-7-8-17(19-10-3-2-4-11-19)15(12-14)13-16-6-5-9-18-16/h7-8,12,16,18H,2-6,9-11,13H2,1H3. The van der Waals surface area contributed by atoms with Crippen LogP contribution in [0.4, 0.5) is 5.69 Å². The number of nitrogens with one attached hydrogen (secondary N) is 1. The summed E-state index contributed by atoms with van der Waals surface area (Å²) in [5, 5.41) is 3.64. The van der Waals surface area contributed by atoms with E-state index >= 15 is 0 Å². The van der Waals surface area contributed by atoms with Crippen LogP contribution in [-0.4, -0.2) is 25.7 Å². The fraction of sp³-hybridized carbons (Fsp3) is 0.647. The third kappa shape index (κ3) is 3.11. The fourth-order valence-corrected chi connectivity index (χ4v) is 3.52. The van der Waals surface area contributed by atoms with E-state index in [9.17, 15) is 0 Å². The highest BCUT2D eigenvalue weighted by molar-refractivity contribution is 5.55. The molecule has 1 aromatic rings. The second kappa shape index (κ2) is 5.96. The average molecular weight is 258 g/mol. The predicted molar refractivity (Wildman–Crippen MR) is 82.0 cm³/mol. The van der Waals surface area contributed by atoms with Crippen molar-refractivity contribution >= 4 is 5.69 Å². The summed E-state index contributed by atoms with van der Waals surface area (Å²) < 4.78 is 0. The first-order chi connectivity index (χ1) is 9.33. The van der Waals surface area contributed by atoms with Crippen molar-refractivity contribution in [2.24, 2.45) is 0 Å². The monoisotopic (exact) mass is 258 g/mol. The average Bonchev–Trinajstić information content (AvgIpc) is 2.93. The van der Waals surface area contributed by atoms with Crippen LogP contribution < -0.4 is 10.2 Å². The summed E-state index contributed by atoms with van der Waals surface area (Å²) in [4.78, 5) is 2.60. The van der Waals surface area contributed by atoms with Gasteiger partial charge in [0, 0.05) is 24.8 Å². The van der Waals surface area contributed by atoms with E-state index in [1.54, 1.807) is 5.56 Å². The van der Waals surface area contributed by atoms with Crippen molar-refractivity contribution in [3.05, 3.63) is 29.3 Å². The van der Waals surface area contributed by atoms with Gasteiger partial charge < -0.3 is 10.2 Å². The van der Waals surface area contributed by atoms with Crippen LogP contribution in [-0.2, 0) is 6.42 Å². The summed E-state index contributed by atoms with van der Waals surface area (Å²) in [7, 11) is 0. The molecule has 0 amide bonds. The number of anilines is 1. The lowest BCUT2D eigenvalue weighted by molar-refractivity contribution is 0.569. The van der Waals surface area contributed by atoms with Gasteiger partial charge in [0.2, 0.25) is 0 Å². The van der Waals surface area contributed by atoms with Crippen molar-refractivity contribution in [3.63, 3.8) is 0 Å². The molecule has 2 heterocycles. The number of nitrogens with zero attached hydrogens (tertiary/aromatic N) is 1. The smallest absolute Gasteiger partial charge is 0.0399 e. The molecular formula is C17H26N2. The normalized spacial score (nSPS) is 23.8. The van der Waals surface area contributed by atoms with Gasteiger partial charge in [-0.05, 0) is 63.6 Å². The molecule has 2 aliphatic heterocycles. The van der Waals surface area contributed by atoms with Crippen LogP contribution in [0.3, 0.4) is 0 Å². The molecule has 0 bridgehead atoms. The number of hydrogen-bond acceptors (Lipinski definition) is 2. The van der Waals surface area contributed by atoms with Crippen LogP contribution in [0.1, 0.15) is 43.2 Å². The lowest BCUT2D eigenvalue weighted by Crippen LogP contribution is -2.31. The Balaban J connectivity index is 1.80. The van der Waals surface area contributed by atoms with E-state index in [4.69, 9.17) is 0 Å². The van der Waals surface area contributed by atoms with E-state index in [1.165, 1.54) is 69.4 Å². The zero-order valence-electron chi connectivity index (χ0n) is 12.1. The largest absolute Gasteiger partial charge is 0.371 e. The summed E-state index contributed by atoms with van der Waals surface area (Å²) in [6.45, 7) is 5.91.